The fraction of sp³-hybridized carbons (Fsp3) is 0.286. The fourth-order valence-corrected chi connectivity index (χ4v) is 3.64. The number of aromatic amines is 1. The zero-order valence-electron chi connectivity index (χ0n) is 16.3. The van der Waals surface area contributed by atoms with Crippen LogP contribution in [0.3, 0.4) is 0 Å². The molecule has 0 unspecified atom stereocenters. The van der Waals surface area contributed by atoms with Gasteiger partial charge in [-0.25, -0.2) is 9.67 Å². The second-order valence-corrected chi connectivity index (χ2v) is 7.46. The summed E-state index contributed by atoms with van der Waals surface area (Å²) in [5, 5.41) is 5.12. The first-order valence-electron chi connectivity index (χ1n) is 9.60. The molecular weight excluding hydrogens is 388 g/mol. The minimum absolute atomic E-state index is 0.195. The van der Waals surface area contributed by atoms with Gasteiger partial charge in [0.1, 0.15) is 0 Å². The molecule has 29 heavy (non-hydrogen) atoms. The number of hydrogen-bond donors (Lipinski definition) is 1. The number of piperazine rings is 1. The molecule has 1 aliphatic heterocycles. The van der Waals surface area contributed by atoms with Crippen molar-refractivity contribution in [3.63, 3.8) is 0 Å². The van der Waals surface area contributed by atoms with Crippen LogP contribution in [0, 0.1) is 6.92 Å². The molecule has 0 aliphatic carbocycles. The molecule has 1 N–H and O–H groups in total. The quantitative estimate of drug-likeness (QED) is 0.700. The zero-order chi connectivity index (χ0) is 20.2. The molecule has 3 aromatic rings. The van der Waals surface area contributed by atoms with E-state index in [1.54, 1.807) is 10.9 Å². The van der Waals surface area contributed by atoms with Crippen molar-refractivity contribution in [2.75, 3.05) is 37.6 Å². The molecule has 4 rings (SSSR count). The number of anilines is 1. The van der Waals surface area contributed by atoms with Crippen LogP contribution in [-0.2, 0) is 0 Å². The number of benzene rings is 1. The fourth-order valence-electron chi connectivity index (χ4n) is 3.46. The first kappa shape index (κ1) is 19.4. The second-order valence-electron chi connectivity index (χ2n) is 7.02. The van der Waals surface area contributed by atoms with Gasteiger partial charge < -0.3 is 4.90 Å². The summed E-state index contributed by atoms with van der Waals surface area (Å²) in [5.74, 6) is 0.423. The Kier molecular flexibility index (Phi) is 5.78. The SMILES string of the molecule is Cc1c(/C=C/CN2CCN(c3cccc(Cl)c3)CC2)cnn1-c1nccc(=O)[nH]1. The summed E-state index contributed by atoms with van der Waals surface area (Å²) in [6.07, 6.45) is 7.50. The first-order valence-corrected chi connectivity index (χ1v) is 9.98. The molecule has 3 heterocycles. The normalized spacial score (nSPS) is 15.3. The molecule has 1 fully saturated rings. The Morgan fingerprint density at radius 1 is 1.21 bits per heavy atom. The van der Waals surface area contributed by atoms with Crippen molar-refractivity contribution in [3.05, 3.63) is 75.4 Å². The minimum Gasteiger partial charge on any atom is -0.369 e. The van der Waals surface area contributed by atoms with Gasteiger partial charge in [0, 0.05) is 61.3 Å². The van der Waals surface area contributed by atoms with Gasteiger partial charge in [0.25, 0.3) is 5.56 Å². The molecule has 0 amide bonds. The van der Waals surface area contributed by atoms with Crippen LogP contribution in [0.1, 0.15) is 11.3 Å². The Morgan fingerprint density at radius 3 is 2.79 bits per heavy atom. The number of H-pyrrole nitrogens is 1. The summed E-state index contributed by atoms with van der Waals surface area (Å²) in [4.78, 5) is 23.2. The van der Waals surface area contributed by atoms with E-state index >= 15 is 0 Å². The summed E-state index contributed by atoms with van der Waals surface area (Å²) in [5.41, 5.74) is 2.93. The number of nitrogens with one attached hydrogen (secondary N) is 1. The number of nitrogens with zero attached hydrogens (tertiary/aromatic N) is 5. The summed E-state index contributed by atoms with van der Waals surface area (Å²) in [6, 6.07) is 9.41. The van der Waals surface area contributed by atoms with Gasteiger partial charge in [0.15, 0.2) is 0 Å². The van der Waals surface area contributed by atoms with Crippen LogP contribution in [-0.4, -0.2) is 57.4 Å². The van der Waals surface area contributed by atoms with E-state index in [1.807, 2.05) is 25.1 Å². The maximum Gasteiger partial charge on any atom is 0.252 e. The van der Waals surface area contributed by atoms with Crippen LogP contribution in [0.4, 0.5) is 5.69 Å². The Bertz CT molecular complexity index is 1060. The number of aromatic nitrogens is 4. The number of rotatable bonds is 5. The molecule has 0 atom stereocenters. The Morgan fingerprint density at radius 2 is 2.03 bits per heavy atom. The molecule has 0 radical (unpaired) electrons. The topological polar surface area (TPSA) is 70.0 Å². The van der Waals surface area contributed by atoms with Crippen molar-refractivity contribution in [1.82, 2.24) is 24.6 Å². The Balaban J connectivity index is 1.34. The van der Waals surface area contributed by atoms with Crippen molar-refractivity contribution >= 4 is 23.4 Å². The molecule has 1 aliphatic rings. The highest BCUT2D eigenvalue weighted by atomic mass is 35.5. The Hall–Kier alpha value is -2.90. The van der Waals surface area contributed by atoms with Gasteiger partial charge in [0.2, 0.25) is 5.95 Å². The van der Waals surface area contributed by atoms with Crippen LogP contribution in [0.15, 0.2) is 53.6 Å². The Labute approximate surface area is 174 Å². The van der Waals surface area contributed by atoms with Crippen LogP contribution in [0.5, 0.6) is 0 Å². The molecule has 2 aromatic heterocycles. The average Bonchev–Trinajstić information content (AvgIpc) is 3.09. The predicted molar refractivity (Wildman–Crippen MR) is 116 cm³/mol. The highest BCUT2D eigenvalue weighted by Gasteiger charge is 2.16. The second kappa shape index (κ2) is 8.63. The highest BCUT2D eigenvalue weighted by Crippen LogP contribution is 2.20. The van der Waals surface area contributed by atoms with E-state index < -0.39 is 0 Å². The third-order valence-corrected chi connectivity index (χ3v) is 5.35. The van der Waals surface area contributed by atoms with E-state index in [0.29, 0.717) is 5.95 Å². The van der Waals surface area contributed by atoms with Gasteiger partial charge in [-0.05, 0) is 25.1 Å². The smallest absolute Gasteiger partial charge is 0.252 e. The third-order valence-electron chi connectivity index (χ3n) is 5.11. The van der Waals surface area contributed by atoms with E-state index in [4.69, 9.17) is 11.6 Å². The van der Waals surface area contributed by atoms with E-state index in [2.05, 4.69) is 43.1 Å². The molecule has 0 spiro atoms. The van der Waals surface area contributed by atoms with Crippen molar-refractivity contribution < 1.29 is 0 Å². The minimum atomic E-state index is -0.195. The lowest BCUT2D eigenvalue weighted by atomic mass is 10.2. The van der Waals surface area contributed by atoms with Gasteiger partial charge in [-0.1, -0.05) is 29.8 Å². The molecule has 1 aromatic carbocycles. The summed E-state index contributed by atoms with van der Waals surface area (Å²) in [6.45, 7) is 6.82. The third kappa shape index (κ3) is 4.58. The number of halogens is 1. The molecule has 0 bridgehead atoms. The molecule has 7 nitrogen and oxygen atoms in total. The molecular formula is C21H23ClN6O. The monoisotopic (exact) mass is 410 g/mol. The van der Waals surface area contributed by atoms with Gasteiger partial charge in [-0.2, -0.15) is 5.10 Å². The van der Waals surface area contributed by atoms with Crippen molar-refractivity contribution in [2.24, 2.45) is 0 Å². The summed E-state index contributed by atoms with van der Waals surface area (Å²) >= 11 is 6.11. The molecule has 0 saturated carbocycles. The van der Waals surface area contributed by atoms with Crippen LogP contribution < -0.4 is 10.5 Å². The van der Waals surface area contributed by atoms with Crippen LogP contribution in [0.25, 0.3) is 12.0 Å². The average molecular weight is 411 g/mol. The van der Waals surface area contributed by atoms with E-state index in [-0.39, 0.29) is 5.56 Å². The summed E-state index contributed by atoms with van der Waals surface area (Å²) < 4.78 is 1.64. The zero-order valence-corrected chi connectivity index (χ0v) is 17.0. The summed E-state index contributed by atoms with van der Waals surface area (Å²) in [7, 11) is 0. The van der Waals surface area contributed by atoms with Crippen LogP contribution in [0.2, 0.25) is 5.02 Å². The van der Waals surface area contributed by atoms with Crippen LogP contribution >= 0.6 is 11.6 Å². The maximum absolute atomic E-state index is 11.5. The lowest BCUT2D eigenvalue weighted by Crippen LogP contribution is -2.46. The van der Waals surface area contributed by atoms with E-state index in [0.717, 1.165) is 49.0 Å². The van der Waals surface area contributed by atoms with Crippen molar-refractivity contribution in [2.45, 2.75) is 6.92 Å². The largest absolute Gasteiger partial charge is 0.369 e. The van der Waals surface area contributed by atoms with Gasteiger partial charge in [-0.3, -0.25) is 14.7 Å². The first-order chi connectivity index (χ1) is 14.1. The molecule has 8 heteroatoms. The predicted octanol–water partition coefficient (Wildman–Crippen LogP) is 2.75. The van der Waals surface area contributed by atoms with Gasteiger partial charge in [0.05, 0.1) is 11.9 Å². The highest BCUT2D eigenvalue weighted by molar-refractivity contribution is 6.30. The van der Waals surface area contributed by atoms with Gasteiger partial charge in [-0.15, -0.1) is 0 Å². The van der Waals surface area contributed by atoms with Crippen molar-refractivity contribution in [3.8, 4) is 5.95 Å². The standard InChI is InChI=1S/C21H23ClN6O/c1-16-17(15-24-28(16)21-23-8-7-20(29)25-21)4-3-9-26-10-12-27(13-11-26)19-6-2-5-18(22)14-19/h2-8,14-15H,9-13H2,1H3,(H,23,25,29)/b4-3+. The van der Waals surface area contributed by atoms with Gasteiger partial charge >= 0.3 is 0 Å². The lowest BCUT2D eigenvalue weighted by Gasteiger charge is -2.35. The van der Waals surface area contributed by atoms with Crippen molar-refractivity contribution in [1.29, 1.82) is 0 Å². The number of hydrogen-bond acceptors (Lipinski definition) is 5. The molecule has 1 saturated heterocycles. The maximum atomic E-state index is 11.5. The van der Waals surface area contributed by atoms with E-state index in [9.17, 15) is 4.79 Å². The lowest BCUT2D eigenvalue weighted by molar-refractivity contribution is 0.284. The molecule has 150 valence electrons. The van der Waals surface area contributed by atoms with E-state index in [1.165, 1.54) is 18.0 Å².